The summed E-state index contributed by atoms with van der Waals surface area (Å²) in [5, 5.41) is 12.3. The van der Waals surface area contributed by atoms with Gasteiger partial charge in [-0.15, -0.1) is 0 Å². The molecule has 0 saturated heterocycles. The fraction of sp³-hybridized carbons (Fsp3) is 0.900. The first-order valence-corrected chi connectivity index (χ1v) is 4.92. The molecule has 2 fully saturated rings. The normalized spacial score (nSPS) is 50.3. The van der Waals surface area contributed by atoms with E-state index >= 15 is 0 Å². The van der Waals surface area contributed by atoms with Crippen molar-refractivity contribution in [3.05, 3.63) is 0 Å². The summed E-state index contributed by atoms with van der Waals surface area (Å²) in [7, 11) is 0. The highest BCUT2D eigenvalue weighted by Gasteiger charge is 2.64. The molecular formula is C10H18N2O. The van der Waals surface area contributed by atoms with Crippen molar-refractivity contribution < 1.29 is 5.21 Å². The summed E-state index contributed by atoms with van der Waals surface area (Å²) >= 11 is 0. The number of oxime groups is 1. The molecule has 2 aliphatic carbocycles. The van der Waals surface area contributed by atoms with E-state index in [-0.39, 0.29) is 16.9 Å². The molecule has 0 aromatic carbocycles. The molecule has 0 amide bonds. The highest BCUT2D eigenvalue weighted by molar-refractivity contribution is 5.96. The Balaban J connectivity index is 2.51. The Morgan fingerprint density at radius 2 is 2.08 bits per heavy atom. The first-order valence-electron chi connectivity index (χ1n) is 4.92. The molecule has 2 saturated carbocycles. The predicted molar refractivity (Wildman–Crippen MR) is 51.8 cm³/mol. The number of nitrogens with two attached hydrogens (primary N) is 1. The molecule has 2 aliphatic rings. The summed E-state index contributed by atoms with van der Waals surface area (Å²) in [5.74, 6) is 0.387. The monoisotopic (exact) mass is 182 g/mol. The third-order valence-corrected chi connectivity index (χ3v) is 4.77. The maximum Gasteiger partial charge on any atom is 0.0779 e. The number of nitrogens with zero attached hydrogens (tertiary/aromatic N) is 1. The summed E-state index contributed by atoms with van der Waals surface area (Å²) in [4.78, 5) is 0. The van der Waals surface area contributed by atoms with Crippen LogP contribution in [0.1, 0.15) is 33.6 Å². The van der Waals surface area contributed by atoms with Gasteiger partial charge in [-0.3, -0.25) is 0 Å². The Bertz CT molecular complexity index is 272. The summed E-state index contributed by atoms with van der Waals surface area (Å²) in [6.07, 6.45) is 2.28. The summed E-state index contributed by atoms with van der Waals surface area (Å²) in [6.45, 7) is 6.70. The van der Waals surface area contributed by atoms with E-state index in [1.807, 2.05) is 0 Å². The van der Waals surface area contributed by atoms with Crippen LogP contribution in [-0.4, -0.2) is 17.0 Å². The van der Waals surface area contributed by atoms with Crippen molar-refractivity contribution in [1.29, 1.82) is 0 Å². The Morgan fingerprint density at radius 1 is 1.46 bits per heavy atom. The minimum atomic E-state index is -0.0498. The molecule has 3 atom stereocenters. The highest BCUT2D eigenvalue weighted by Crippen LogP contribution is 2.63. The molecule has 3 unspecified atom stereocenters. The molecule has 13 heavy (non-hydrogen) atoms. The standard InChI is InChI=1S/C10H18N2O/c1-9(2)6-4-5-10(9,3)8(11)7(6)12-13/h6,8,13H,4-5,11H2,1-3H3/b12-7+. The Hall–Kier alpha value is -0.570. The van der Waals surface area contributed by atoms with E-state index in [1.165, 1.54) is 0 Å². The Kier molecular flexibility index (Phi) is 1.57. The van der Waals surface area contributed by atoms with Gasteiger partial charge in [-0.1, -0.05) is 25.9 Å². The molecule has 3 heteroatoms. The SMILES string of the molecule is CC1(C)C2CCC1(C)C(N)/C2=N/O. The van der Waals surface area contributed by atoms with Gasteiger partial charge >= 0.3 is 0 Å². The molecule has 0 aromatic rings. The van der Waals surface area contributed by atoms with Crippen LogP contribution in [-0.2, 0) is 0 Å². The van der Waals surface area contributed by atoms with Gasteiger partial charge in [-0.25, -0.2) is 0 Å². The van der Waals surface area contributed by atoms with Gasteiger partial charge in [0, 0.05) is 5.92 Å². The minimum Gasteiger partial charge on any atom is -0.411 e. The molecule has 0 heterocycles. The largest absolute Gasteiger partial charge is 0.411 e. The quantitative estimate of drug-likeness (QED) is 0.441. The molecule has 74 valence electrons. The van der Waals surface area contributed by atoms with Crippen LogP contribution in [0.3, 0.4) is 0 Å². The van der Waals surface area contributed by atoms with Crippen LogP contribution in [0.2, 0.25) is 0 Å². The van der Waals surface area contributed by atoms with Gasteiger partial charge in [-0.2, -0.15) is 0 Å². The number of fused-ring (bicyclic) bond motifs is 2. The van der Waals surface area contributed by atoms with E-state index in [4.69, 9.17) is 10.9 Å². The van der Waals surface area contributed by atoms with E-state index in [0.29, 0.717) is 5.92 Å². The fourth-order valence-electron chi connectivity index (χ4n) is 3.27. The molecule has 2 bridgehead atoms. The van der Waals surface area contributed by atoms with E-state index in [0.717, 1.165) is 18.6 Å². The van der Waals surface area contributed by atoms with Crippen molar-refractivity contribution in [2.45, 2.75) is 39.7 Å². The summed E-state index contributed by atoms with van der Waals surface area (Å²) in [6, 6.07) is -0.0498. The van der Waals surface area contributed by atoms with Crippen molar-refractivity contribution in [3.8, 4) is 0 Å². The van der Waals surface area contributed by atoms with Crippen LogP contribution in [0.15, 0.2) is 5.16 Å². The molecule has 0 aromatic heterocycles. The second-order valence-electron chi connectivity index (χ2n) is 5.23. The third kappa shape index (κ3) is 0.766. The molecule has 0 spiro atoms. The Morgan fingerprint density at radius 3 is 2.38 bits per heavy atom. The molecule has 3 nitrogen and oxygen atoms in total. The van der Waals surface area contributed by atoms with Crippen LogP contribution in [0, 0.1) is 16.7 Å². The van der Waals surface area contributed by atoms with E-state index in [9.17, 15) is 0 Å². The summed E-state index contributed by atoms with van der Waals surface area (Å²) in [5.41, 5.74) is 7.22. The maximum atomic E-state index is 8.91. The zero-order valence-electron chi connectivity index (χ0n) is 8.54. The van der Waals surface area contributed by atoms with E-state index in [1.54, 1.807) is 0 Å². The van der Waals surface area contributed by atoms with Gasteiger partial charge in [0.05, 0.1) is 11.8 Å². The van der Waals surface area contributed by atoms with Crippen molar-refractivity contribution in [3.63, 3.8) is 0 Å². The van der Waals surface area contributed by atoms with Crippen molar-refractivity contribution in [1.82, 2.24) is 0 Å². The van der Waals surface area contributed by atoms with Gasteiger partial charge in [0.15, 0.2) is 0 Å². The zero-order valence-corrected chi connectivity index (χ0v) is 8.54. The van der Waals surface area contributed by atoms with Gasteiger partial charge in [0.1, 0.15) is 0 Å². The van der Waals surface area contributed by atoms with Crippen LogP contribution in [0.25, 0.3) is 0 Å². The Labute approximate surface area is 79.0 Å². The van der Waals surface area contributed by atoms with Crippen LogP contribution in [0.5, 0.6) is 0 Å². The van der Waals surface area contributed by atoms with Crippen LogP contribution >= 0.6 is 0 Å². The van der Waals surface area contributed by atoms with Gasteiger partial charge in [-0.05, 0) is 23.7 Å². The number of hydrogen-bond donors (Lipinski definition) is 2. The lowest BCUT2D eigenvalue weighted by atomic mass is 9.69. The lowest BCUT2D eigenvalue weighted by molar-refractivity contribution is 0.136. The molecule has 0 aliphatic heterocycles. The highest BCUT2D eigenvalue weighted by atomic mass is 16.4. The fourth-order valence-corrected chi connectivity index (χ4v) is 3.27. The third-order valence-electron chi connectivity index (χ3n) is 4.77. The molecule has 0 radical (unpaired) electrons. The average molecular weight is 182 g/mol. The summed E-state index contributed by atoms with van der Waals surface area (Å²) < 4.78 is 0. The minimum absolute atomic E-state index is 0.0498. The zero-order chi connectivity index (χ0) is 9.85. The van der Waals surface area contributed by atoms with Crippen molar-refractivity contribution in [2.75, 3.05) is 0 Å². The smallest absolute Gasteiger partial charge is 0.0779 e. The van der Waals surface area contributed by atoms with Gasteiger partial charge in [0.25, 0.3) is 0 Å². The van der Waals surface area contributed by atoms with Crippen LogP contribution in [0.4, 0.5) is 0 Å². The van der Waals surface area contributed by atoms with Gasteiger partial charge < -0.3 is 10.9 Å². The molecular weight excluding hydrogens is 164 g/mol. The van der Waals surface area contributed by atoms with E-state index in [2.05, 4.69) is 25.9 Å². The molecule has 2 rings (SSSR count). The van der Waals surface area contributed by atoms with Crippen molar-refractivity contribution >= 4 is 5.71 Å². The average Bonchev–Trinajstić information content (AvgIpc) is 2.36. The van der Waals surface area contributed by atoms with Crippen molar-refractivity contribution in [2.24, 2.45) is 27.6 Å². The topological polar surface area (TPSA) is 58.6 Å². The molecule has 3 N–H and O–H groups in total. The lowest BCUT2D eigenvalue weighted by Gasteiger charge is -2.36. The maximum absolute atomic E-state index is 8.91. The second-order valence-corrected chi connectivity index (χ2v) is 5.23. The predicted octanol–water partition coefficient (Wildman–Crippen LogP) is 1.60. The second kappa shape index (κ2) is 2.27. The number of rotatable bonds is 0. The lowest BCUT2D eigenvalue weighted by Crippen LogP contribution is -2.44. The first kappa shape index (κ1) is 9.00. The van der Waals surface area contributed by atoms with Gasteiger partial charge in [0.2, 0.25) is 0 Å². The van der Waals surface area contributed by atoms with E-state index < -0.39 is 0 Å². The van der Waals surface area contributed by atoms with Crippen LogP contribution < -0.4 is 5.73 Å². The number of hydrogen-bond acceptors (Lipinski definition) is 3. The first-order chi connectivity index (χ1) is 5.95.